The average Bonchev–Trinajstić information content (AvgIpc) is 2.85. The topological polar surface area (TPSA) is 72.2 Å². The Morgan fingerprint density at radius 1 is 1.26 bits per heavy atom. The lowest BCUT2D eigenvalue weighted by Gasteiger charge is -2.05. The third-order valence-electron chi connectivity index (χ3n) is 2.42. The first kappa shape index (κ1) is 13.7. The van der Waals surface area contributed by atoms with Crippen LogP contribution in [0.3, 0.4) is 0 Å². The van der Waals surface area contributed by atoms with Crippen LogP contribution in [0.4, 0.5) is 5.69 Å². The number of halogens is 1. The molecule has 0 bridgehead atoms. The van der Waals surface area contributed by atoms with Crippen molar-refractivity contribution in [1.29, 1.82) is 0 Å². The molecule has 0 radical (unpaired) electrons. The third kappa shape index (κ3) is 3.41. The van der Waals surface area contributed by atoms with E-state index in [9.17, 15) is 9.59 Å². The van der Waals surface area contributed by atoms with Crippen molar-refractivity contribution < 1.29 is 9.59 Å². The van der Waals surface area contributed by atoms with E-state index in [1.807, 2.05) is 0 Å². The van der Waals surface area contributed by atoms with Crippen LogP contribution in [0, 0.1) is 0 Å². The normalized spacial score (nSPS) is 10.2. The highest BCUT2D eigenvalue weighted by atomic mass is 35.5. The second kappa shape index (κ2) is 5.97. The first-order chi connectivity index (χ1) is 9.10. The second-order valence-electron chi connectivity index (χ2n) is 3.77. The standard InChI is InChI=1S/C13H11ClN2O2S/c14-12-5-4-11(19-12)13(18)16-9-3-1-2-8(6-9)10(17)7-15/h1-6H,7,15H2,(H,16,18). The van der Waals surface area contributed by atoms with Crippen molar-refractivity contribution in [2.24, 2.45) is 5.73 Å². The lowest BCUT2D eigenvalue weighted by Crippen LogP contribution is -2.14. The van der Waals surface area contributed by atoms with Crippen LogP contribution in [0.25, 0.3) is 0 Å². The number of rotatable bonds is 4. The number of carbonyl (C=O) groups excluding carboxylic acids is 2. The van der Waals surface area contributed by atoms with Crippen LogP contribution in [0.1, 0.15) is 20.0 Å². The van der Waals surface area contributed by atoms with Gasteiger partial charge in [0.2, 0.25) is 0 Å². The van der Waals surface area contributed by atoms with Crippen molar-refractivity contribution in [2.75, 3.05) is 11.9 Å². The lowest BCUT2D eigenvalue weighted by atomic mass is 10.1. The number of Topliss-reactive ketones (excluding diaryl/α,β-unsaturated/α-hetero) is 1. The van der Waals surface area contributed by atoms with Crippen molar-refractivity contribution in [3.8, 4) is 0 Å². The highest BCUT2D eigenvalue weighted by Gasteiger charge is 2.10. The molecule has 0 aliphatic carbocycles. The molecule has 0 atom stereocenters. The number of thiophene rings is 1. The highest BCUT2D eigenvalue weighted by molar-refractivity contribution is 7.18. The lowest BCUT2D eigenvalue weighted by molar-refractivity contribution is 0.0998. The number of ketones is 1. The van der Waals surface area contributed by atoms with E-state index in [0.29, 0.717) is 20.5 Å². The summed E-state index contributed by atoms with van der Waals surface area (Å²) in [5.41, 5.74) is 6.33. The van der Waals surface area contributed by atoms with E-state index in [1.54, 1.807) is 36.4 Å². The number of amides is 1. The maximum atomic E-state index is 11.9. The van der Waals surface area contributed by atoms with Gasteiger partial charge in [-0.1, -0.05) is 23.7 Å². The predicted molar refractivity (Wildman–Crippen MR) is 77.1 cm³/mol. The van der Waals surface area contributed by atoms with E-state index < -0.39 is 0 Å². The van der Waals surface area contributed by atoms with Gasteiger partial charge in [-0.05, 0) is 24.3 Å². The molecule has 2 aromatic rings. The van der Waals surface area contributed by atoms with E-state index in [-0.39, 0.29) is 18.2 Å². The van der Waals surface area contributed by atoms with Crippen molar-refractivity contribution >= 4 is 40.3 Å². The fourth-order valence-electron chi connectivity index (χ4n) is 1.52. The molecule has 0 aliphatic rings. The smallest absolute Gasteiger partial charge is 0.265 e. The molecule has 1 heterocycles. The van der Waals surface area contributed by atoms with Gasteiger partial charge in [0.05, 0.1) is 15.8 Å². The Balaban J connectivity index is 2.15. The molecule has 2 rings (SSSR count). The molecule has 19 heavy (non-hydrogen) atoms. The zero-order chi connectivity index (χ0) is 13.8. The number of nitrogens with two attached hydrogens (primary N) is 1. The Hall–Kier alpha value is -1.69. The first-order valence-electron chi connectivity index (χ1n) is 5.50. The van der Waals surface area contributed by atoms with Crippen LogP contribution < -0.4 is 11.1 Å². The summed E-state index contributed by atoms with van der Waals surface area (Å²) in [4.78, 5) is 23.9. The van der Waals surface area contributed by atoms with Gasteiger partial charge in [-0.15, -0.1) is 11.3 Å². The van der Waals surface area contributed by atoms with E-state index in [4.69, 9.17) is 17.3 Å². The minimum atomic E-state index is -0.255. The molecule has 0 fully saturated rings. The maximum absolute atomic E-state index is 11.9. The summed E-state index contributed by atoms with van der Waals surface area (Å²) in [6, 6.07) is 9.97. The fourth-order valence-corrected chi connectivity index (χ4v) is 2.46. The fraction of sp³-hybridized carbons (Fsp3) is 0.0769. The molecule has 1 aromatic heterocycles. The quantitative estimate of drug-likeness (QED) is 0.852. The summed E-state index contributed by atoms with van der Waals surface area (Å²) >= 11 is 6.97. The summed E-state index contributed by atoms with van der Waals surface area (Å²) in [6.45, 7) is -0.0576. The van der Waals surface area contributed by atoms with Crippen molar-refractivity contribution in [3.05, 3.63) is 51.2 Å². The molecule has 0 saturated carbocycles. The number of carbonyl (C=O) groups is 2. The average molecular weight is 295 g/mol. The van der Waals surface area contributed by atoms with Crippen molar-refractivity contribution in [2.45, 2.75) is 0 Å². The Kier molecular flexibility index (Phi) is 4.31. The monoisotopic (exact) mass is 294 g/mol. The van der Waals surface area contributed by atoms with Gasteiger partial charge < -0.3 is 11.1 Å². The van der Waals surface area contributed by atoms with Gasteiger partial charge in [0.25, 0.3) is 5.91 Å². The SMILES string of the molecule is NCC(=O)c1cccc(NC(=O)c2ccc(Cl)s2)c1. The second-order valence-corrected chi connectivity index (χ2v) is 5.48. The minimum Gasteiger partial charge on any atom is -0.324 e. The van der Waals surface area contributed by atoms with Gasteiger partial charge in [-0.3, -0.25) is 9.59 Å². The Labute approximate surface area is 119 Å². The summed E-state index contributed by atoms with van der Waals surface area (Å²) in [5.74, 6) is -0.426. The first-order valence-corrected chi connectivity index (χ1v) is 6.69. The zero-order valence-corrected chi connectivity index (χ0v) is 11.4. The molecule has 3 N–H and O–H groups in total. The Morgan fingerprint density at radius 2 is 2.05 bits per heavy atom. The zero-order valence-electron chi connectivity index (χ0n) is 9.85. The summed E-state index contributed by atoms with van der Waals surface area (Å²) in [5, 5.41) is 2.71. The van der Waals surface area contributed by atoms with E-state index in [2.05, 4.69) is 5.32 Å². The van der Waals surface area contributed by atoms with Crippen LogP contribution >= 0.6 is 22.9 Å². The number of anilines is 1. The summed E-state index contributed by atoms with van der Waals surface area (Å²) in [7, 11) is 0. The van der Waals surface area contributed by atoms with Gasteiger partial charge in [0.15, 0.2) is 5.78 Å². The number of benzene rings is 1. The molecule has 4 nitrogen and oxygen atoms in total. The molecule has 0 unspecified atom stereocenters. The van der Waals surface area contributed by atoms with Crippen LogP contribution in [0.2, 0.25) is 4.34 Å². The molecule has 1 aromatic carbocycles. The van der Waals surface area contributed by atoms with Crippen LogP contribution in [0.15, 0.2) is 36.4 Å². The third-order valence-corrected chi connectivity index (χ3v) is 3.65. The minimum absolute atomic E-state index is 0.0576. The number of nitrogens with one attached hydrogen (secondary N) is 1. The molecule has 98 valence electrons. The molecule has 0 aliphatic heterocycles. The van der Waals surface area contributed by atoms with Gasteiger partial charge >= 0.3 is 0 Å². The van der Waals surface area contributed by atoms with Gasteiger partial charge in [-0.2, -0.15) is 0 Å². The van der Waals surface area contributed by atoms with Gasteiger partial charge in [0.1, 0.15) is 0 Å². The Morgan fingerprint density at radius 3 is 2.68 bits per heavy atom. The van der Waals surface area contributed by atoms with Crippen LogP contribution in [0.5, 0.6) is 0 Å². The molecule has 6 heteroatoms. The molecule has 0 saturated heterocycles. The van der Waals surface area contributed by atoms with Gasteiger partial charge in [0, 0.05) is 11.3 Å². The van der Waals surface area contributed by atoms with E-state index in [1.165, 1.54) is 11.3 Å². The molecular formula is C13H11ClN2O2S. The number of hydrogen-bond donors (Lipinski definition) is 2. The van der Waals surface area contributed by atoms with Crippen molar-refractivity contribution in [3.63, 3.8) is 0 Å². The molecule has 1 amide bonds. The van der Waals surface area contributed by atoms with Crippen LogP contribution in [-0.4, -0.2) is 18.2 Å². The summed E-state index contributed by atoms with van der Waals surface area (Å²) < 4.78 is 0.553. The summed E-state index contributed by atoms with van der Waals surface area (Å²) in [6.07, 6.45) is 0. The molecule has 0 spiro atoms. The van der Waals surface area contributed by atoms with E-state index in [0.717, 1.165) is 0 Å². The highest BCUT2D eigenvalue weighted by Crippen LogP contribution is 2.22. The number of hydrogen-bond acceptors (Lipinski definition) is 4. The van der Waals surface area contributed by atoms with Crippen LogP contribution in [-0.2, 0) is 0 Å². The largest absolute Gasteiger partial charge is 0.324 e. The maximum Gasteiger partial charge on any atom is 0.265 e. The Bertz CT molecular complexity index is 625. The van der Waals surface area contributed by atoms with Gasteiger partial charge in [-0.25, -0.2) is 0 Å². The predicted octanol–water partition coefficient (Wildman–Crippen LogP) is 2.80. The van der Waals surface area contributed by atoms with Crippen molar-refractivity contribution in [1.82, 2.24) is 0 Å². The van der Waals surface area contributed by atoms with E-state index >= 15 is 0 Å². The molecular weight excluding hydrogens is 284 g/mol.